The Labute approximate surface area is 126 Å². The molecule has 2 N–H and O–H groups in total. The summed E-state index contributed by atoms with van der Waals surface area (Å²) in [5, 5.41) is 0. The van der Waals surface area contributed by atoms with Gasteiger partial charge in [0.25, 0.3) is 0 Å². The molecule has 21 heavy (non-hydrogen) atoms. The van der Waals surface area contributed by atoms with E-state index in [1.807, 2.05) is 19.1 Å². The molecule has 0 saturated heterocycles. The van der Waals surface area contributed by atoms with Crippen molar-refractivity contribution < 1.29 is 4.74 Å². The number of ether oxygens (including phenoxy) is 1. The Morgan fingerprint density at radius 2 is 1.90 bits per heavy atom. The summed E-state index contributed by atoms with van der Waals surface area (Å²) >= 11 is 0. The molecule has 0 radical (unpaired) electrons. The molecular formula is C17H23N3O. The predicted octanol–water partition coefficient (Wildman–Crippen LogP) is 3.64. The van der Waals surface area contributed by atoms with Gasteiger partial charge in [-0.3, -0.25) is 0 Å². The van der Waals surface area contributed by atoms with Crippen molar-refractivity contribution in [3.05, 3.63) is 46.8 Å². The van der Waals surface area contributed by atoms with Crippen LogP contribution in [0, 0.1) is 13.8 Å². The summed E-state index contributed by atoms with van der Waals surface area (Å²) in [4.78, 5) is 8.61. The summed E-state index contributed by atoms with van der Waals surface area (Å²) in [6.07, 6.45) is 1.72. The lowest BCUT2D eigenvalue weighted by molar-refractivity contribution is 0.420. The van der Waals surface area contributed by atoms with Gasteiger partial charge in [0.1, 0.15) is 5.75 Å². The van der Waals surface area contributed by atoms with Crippen LogP contribution >= 0.6 is 0 Å². The van der Waals surface area contributed by atoms with Crippen molar-refractivity contribution in [2.75, 3.05) is 0 Å². The van der Waals surface area contributed by atoms with Gasteiger partial charge in [-0.2, -0.15) is 4.98 Å². The summed E-state index contributed by atoms with van der Waals surface area (Å²) in [6, 6.07) is 6.52. The summed E-state index contributed by atoms with van der Waals surface area (Å²) in [6.45, 7) is 10.9. The molecular weight excluding hydrogens is 262 g/mol. The molecule has 0 spiro atoms. The second-order valence-electron chi connectivity index (χ2n) is 6.32. The van der Waals surface area contributed by atoms with Gasteiger partial charge in [-0.25, -0.2) is 4.98 Å². The van der Waals surface area contributed by atoms with E-state index in [2.05, 4.69) is 43.7 Å². The summed E-state index contributed by atoms with van der Waals surface area (Å²) in [7, 11) is 0. The van der Waals surface area contributed by atoms with Crippen molar-refractivity contribution in [1.29, 1.82) is 0 Å². The summed E-state index contributed by atoms with van der Waals surface area (Å²) in [5.74, 6) is 0.799. The molecule has 0 amide bonds. The average molecular weight is 285 g/mol. The SMILES string of the molecule is Cc1ccc(Oc2ncc(CN)c(C)n2)c(C(C)(C)C)c1. The van der Waals surface area contributed by atoms with E-state index in [1.54, 1.807) is 6.20 Å². The maximum atomic E-state index is 5.91. The Balaban J connectivity index is 2.38. The molecule has 0 fully saturated rings. The van der Waals surface area contributed by atoms with Crippen LogP contribution in [0.1, 0.15) is 43.2 Å². The molecule has 112 valence electrons. The van der Waals surface area contributed by atoms with Crippen molar-refractivity contribution in [1.82, 2.24) is 9.97 Å². The highest BCUT2D eigenvalue weighted by molar-refractivity contribution is 5.42. The highest BCUT2D eigenvalue weighted by atomic mass is 16.5. The minimum Gasteiger partial charge on any atom is -0.424 e. The van der Waals surface area contributed by atoms with Crippen molar-refractivity contribution in [2.45, 2.75) is 46.6 Å². The normalized spacial score (nSPS) is 11.5. The Bertz CT molecular complexity index is 645. The van der Waals surface area contributed by atoms with Crippen LogP contribution in [0.4, 0.5) is 0 Å². The highest BCUT2D eigenvalue weighted by Crippen LogP contribution is 2.34. The molecule has 4 heteroatoms. The van der Waals surface area contributed by atoms with Gasteiger partial charge >= 0.3 is 6.01 Å². The fourth-order valence-electron chi connectivity index (χ4n) is 2.14. The van der Waals surface area contributed by atoms with Crippen molar-refractivity contribution in [2.24, 2.45) is 5.73 Å². The van der Waals surface area contributed by atoms with E-state index in [-0.39, 0.29) is 5.41 Å². The van der Waals surface area contributed by atoms with Gasteiger partial charge in [-0.05, 0) is 25.3 Å². The quantitative estimate of drug-likeness (QED) is 0.935. The molecule has 0 aliphatic carbocycles. The number of hydrogen-bond donors (Lipinski definition) is 1. The molecule has 0 aliphatic heterocycles. The van der Waals surface area contributed by atoms with E-state index in [4.69, 9.17) is 10.5 Å². The lowest BCUT2D eigenvalue weighted by Gasteiger charge is -2.22. The van der Waals surface area contributed by atoms with Crippen LogP contribution in [0.5, 0.6) is 11.8 Å². The third-order valence-electron chi connectivity index (χ3n) is 3.42. The molecule has 2 rings (SSSR count). The second kappa shape index (κ2) is 5.82. The zero-order chi connectivity index (χ0) is 15.6. The minimum atomic E-state index is -0.00635. The van der Waals surface area contributed by atoms with Gasteiger partial charge in [0.05, 0.1) is 0 Å². The van der Waals surface area contributed by atoms with Crippen molar-refractivity contribution in [3.63, 3.8) is 0 Å². The molecule has 1 heterocycles. The summed E-state index contributed by atoms with van der Waals surface area (Å²) < 4.78 is 5.91. The highest BCUT2D eigenvalue weighted by Gasteiger charge is 2.20. The van der Waals surface area contributed by atoms with E-state index in [0.717, 1.165) is 22.6 Å². The third-order valence-corrected chi connectivity index (χ3v) is 3.42. The van der Waals surface area contributed by atoms with Crippen LogP contribution in [0.3, 0.4) is 0 Å². The maximum Gasteiger partial charge on any atom is 0.322 e. The number of rotatable bonds is 3. The van der Waals surface area contributed by atoms with E-state index in [9.17, 15) is 0 Å². The van der Waals surface area contributed by atoms with Crippen LogP contribution in [0.15, 0.2) is 24.4 Å². The number of aryl methyl sites for hydroxylation is 2. The van der Waals surface area contributed by atoms with Crippen LogP contribution in [-0.4, -0.2) is 9.97 Å². The van der Waals surface area contributed by atoms with Crippen LogP contribution in [0.2, 0.25) is 0 Å². The lowest BCUT2D eigenvalue weighted by atomic mass is 9.85. The zero-order valence-corrected chi connectivity index (χ0v) is 13.4. The molecule has 0 unspecified atom stereocenters. The first-order valence-corrected chi connectivity index (χ1v) is 7.13. The Kier molecular flexibility index (Phi) is 4.28. The average Bonchev–Trinajstić information content (AvgIpc) is 2.40. The van der Waals surface area contributed by atoms with Gasteiger partial charge in [-0.15, -0.1) is 0 Å². The summed E-state index contributed by atoms with van der Waals surface area (Å²) in [5.41, 5.74) is 9.77. The van der Waals surface area contributed by atoms with E-state index in [1.165, 1.54) is 5.56 Å². The Hall–Kier alpha value is -1.94. The van der Waals surface area contributed by atoms with Gasteiger partial charge in [0.15, 0.2) is 0 Å². The standard InChI is InChI=1S/C17H23N3O/c1-11-6-7-15(14(8-11)17(3,4)5)21-16-19-10-13(9-18)12(2)20-16/h6-8,10H,9,18H2,1-5H3. The zero-order valence-electron chi connectivity index (χ0n) is 13.4. The molecule has 0 bridgehead atoms. The van der Waals surface area contributed by atoms with Crippen molar-refractivity contribution >= 4 is 0 Å². The monoisotopic (exact) mass is 285 g/mol. The number of nitrogens with two attached hydrogens (primary N) is 1. The Morgan fingerprint density at radius 3 is 2.48 bits per heavy atom. The van der Waals surface area contributed by atoms with Crippen molar-refractivity contribution in [3.8, 4) is 11.8 Å². The fraction of sp³-hybridized carbons (Fsp3) is 0.412. The lowest BCUT2D eigenvalue weighted by Crippen LogP contribution is -2.13. The molecule has 1 aromatic carbocycles. The molecule has 4 nitrogen and oxygen atoms in total. The molecule has 0 saturated carbocycles. The molecule has 2 aromatic rings. The molecule has 1 aromatic heterocycles. The van der Waals surface area contributed by atoms with Gasteiger partial charge in [0, 0.05) is 29.6 Å². The molecule has 0 aliphatic rings. The van der Waals surface area contributed by atoms with Crippen LogP contribution < -0.4 is 10.5 Å². The van der Waals surface area contributed by atoms with Gasteiger partial charge < -0.3 is 10.5 Å². The first kappa shape index (κ1) is 15.4. The molecule has 0 atom stereocenters. The predicted molar refractivity (Wildman–Crippen MR) is 84.6 cm³/mol. The van der Waals surface area contributed by atoms with E-state index in [0.29, 0.717) is 12.6 Å². The number of aromatic nitrogens is 2. The van der Waals surface area contributed by atoms with Gasteiger partial charge in [0.2, 0.25) is 0 Å². The second-order valence-corrected chi connectivity index (χ2v) is 6.32. The van der Waals surface area contributed by atoms with Crippen LogP contribution in [-0.2, 0) is 12.0 Å². The van der Waals surface area contributed by atoms with Gasteiger partial charge in [-0.1, -0.05) is 38.5 Å². The minimum absolute atomic E-state index is 0.00635. The fourth-order valence-corrected chi connectivity index (χ4v) is 2.14. The van der Waals surface area contributed by atoms with E-state index < -0.39 is 0 Å². The number of hydrogen-bond acceptors (Lipinski definition) is 4. The van der Waals surface area contributed by atoms with E-state index >= 15 is 0 Å². The number of benzene rings is 1. The first-order valence-electron chi connectivity index (χ1n) is 7.13. The topological polar surface area (TPSA) is 61.0 Å². The maximum absolute atomic E-state index is 5.91. The number of nitrogens with zero attached hydrogens (tertiary/aromatic N) is 2. The first-order chi connectivity index (χ1) is 9.81. The Morgan fingerprint density at radius 1 is 1.19 bits per heavy atom. The smallest absolute Gasteiger partial charge is 0.322 e. The largest absolute Gasteiger partial charge is 0.424 e. The van der Waals surface area contributed by atoms with Crippen LogP contribution in [0.25, 0.3) is 0 Å². The third kappa shape index (κ3) is 3.58.